The van der Waals surface area contributed by atoms with Crippen LogP contribution < -0.4 is 26.5 Å². The van der Waals surface area contributed by atoms with E-state index in [2.05, 4.69) is 125 Å². The van der Waals surface area contributed by atoms with Gasteiger partial charge in [0, 0.05) is 29.5 Å². The summed E-state index contributed by atoms with van der Waals surface area (Å²) in [5, 5.41) is 0. The Morgan fingerprint density at radius 2 is 1.21 bits per heavy atom. The Morgan fingerprint density at radius 1 is 0.667 bits per heavy atom. The zero-order valence-electron chi connectivity index (χ0n) is 26.7. The van der Waals surface area contributed by atoms with Crippen molar-refractivity contribution in [2.45, 2.75) is 72.4 Å². The van der Waals surface area contributed by atoms with Crippen molar-refractivity contribution in [3.63, 3.8) is 0 Å². The second kappa shape index (κ2) is 16.8. The molecule has 3 rings (SSSR count). The lowest BCUT2D eigenvalue weighted by atomic mass is 9.72. The molecule has 0 amide bonds. The van der Waals surface area contributed by atoms with E-state index in [4.69, 9.17) is 14.2 Å². The summed E-state index contributed by atoms with van der Waals surface area (Å²) in [5.74, 6) is 1.83. The van der Waals surface area contributed by atoms with E-state index >= 15 is 0 Å². The van der Waals surface area contributed by atoms with Crippen molar-refractivity contribution in [2.75, 3.05) is 40.5 Å². The van der Waals surface area contributed by atoms with Crippen LogP contribution >= 0.6 is 15.9 Å². The molecule has 0 spiro atoms. The van der Waals surface area contributed by atoms with Gasteiger partial charge in [-0.25, -0.2) is 0 Å². The molecule has 6 heteroatoms. The molecule has 0 aliphatic heterocycles. The smallest absolute Gasteiger partial charge is 0.119 e. The van der Waals surface area contributed by atoms with Crippen LogP contribution in [0.25, 0.3) is 0 Å². The molecule has 3 aromatic carbocycles. The highest BCUT2D eigenvalue weighted by Gasteiger charge is 2.27. The van der Waals surface area contributed by atoms with Gasteiger partial charge >= 0.3 is 0 Å². The molecule has 0 bridgehead atoms. The van der Waals surface area contributed by atoms with Crippen molar-refractivity contribution in [1.82, 2.24) is 0 Å². The average Bonchev–Trinajstić information content (AvgIpc) is 2.89. The fraction of sp³-hybridized carbons (Fsp3) is 0.500. The van der Waals surface area contributed by atoms with Gasteiger partial charge in [-0.15, -0.1) is 0 Å². The first-order valence-electron chi connectivity index (χ1n) is 14.9. The molecule has 4 nitrogen and oxygen atoms in total. The van der Waals surface area contributed by atoms with Crippen LogP contribution in [0.15, 0.2) is 77.3 Å². The summed E-state index contributed by atoms with van der Waals surface area (Å²) in [6.07, 6.45) is 3.07. The lowest BCUT2D eigenvalue weighted by Gasteiger charge is -2.33. The Hall–Kier alpha value is -1.86. The summed E-state index contributed by atoms with van der Waals surface area (Å²) >= 11 is 3.47. The van der Waals surface area contributed by atoms with E-state index in [1.54, 1.807) is 0 Å². The maximum Gasteiger partial charge on any atom is 0.119 e. The van der Waals surface area contributed by atoms with Gasteiger partial charge < -0.3 is 35.7 Å². The van der Waals surface area contributed by atoms with Crippen molar-refractivity contribution in [3.05, 3.63) is 94.0 Å². The van der Waals surface area contributed by atoms with Crippen LogP contribution in [0.2, 0.25) is 0 Å². The molecule has 0 aliphatic rings. The van der Waals surface area contributed by atoms with Gasteiger partial charge in [0.1, 0.15) is 24.7 Å². The maximum absolute atomic E-state index is 5.96. The summed E-state index contributed by atoms with van der Waals surface area (Å²) < 4.78 is 19.8. The lowest BCUT2D eigenvalue weighted by molar-refractivity contribution is -0.903. The third-order valence-electron chi connectivity index (χ3n) is 7.21. The molecule has 0 heterocycles. The number of rotatable bonds is 16. The minimum Gasteiger partial charge on any atom is -1.00 e. The van der Waals surface area contributed by atoms with Gasteiger partial charge in [0.15, 0.2) is 0 Å². The zero-order valence-corrected chi connectivity index (χ0v) is 29.9. The third kappa shape index (κ3) is 13.6. The quantitative estimate of drug-likeness (QED) is 0.131. The van der Waals surface area contributed by atoms with Crippen LogP contribution in [0, 0.1) is 5.41 Å². The van der Waals surface area contributed by atoms with Crippen LogP contribution in [-0.4, -0.2) is 44.9 Å². The van der Waals surface area contributed by atoms with E-state index in [1.807, 2.05) is 12.1 Å². The number of halogens is 2. The third-order valence-corrected chi connectivity index (χ3v) is 7.74. The second-order valence-corrected chi connectivity index (χ2v) is 14.6. The van der Waals surface area contributed by atoms with Gasteiger partial charge in [0.2, 0.25) is 0 Å². The molecule has 0 unspecified atom stereocenters. The predicted molar refractivity (Wildman–Crippen MR) is 175 cm³/mol. The highest BCUT2D eigenvalue weighted by Crippen LogP contribution is 2.36. The summed E-state index contributed by atoms with van der Waals surface area (Å²) in [7, 11) is 4.56. The van der Waals surface area contributed by atoms with Crippen molar-refractivity contribution in [2.24, 2.45) is 5.41 Å². The lowest BCUT2D eigenvalue weighted by Crippen LogP contribution is -3.00. The number of hydrogen-bond acceptors (Lipinski definition) is 3. The van der Waals surface area contributed by atoms with Gasteiger partial charge in [-0.2, -0.15) is 0 Å². The van der Waals surface area contributed by atoms with Crippen LogP contribution in [0.3, 0.4) is 0 Å². The predicted octanol–water partition coefficient (Wildman–Crippen LogP) is 6.20. The number of ether oxygens (including phenoxy) is 3. The SMILES string of the molecule is CC(C)(C)CC(C)(C)c1ccc(OCCCOCCC[N+](C)(C)Cc2ccc(OCc3ccc(Br)cc3)cc2)cc1.[Br-]. The minimum atomic E-state index is 0. The summed E-state index contributed by atoms with van der Waals surface area (Å²) in [4.78, 5) is 0. The monoisotopic (exact) mass is 703 g/mol. The van der Waals surface area contributed by atoms with Crippen molar-refractivity contribution >= 4 is 15.9 Å². The Bertz CT molecular complexity index is 1170. The molecular formula is C36H51Br2NO3. The molecule has 0 N–H and O–H groups in total. The Kier molecular flexibility index (Phi) is 14.6. The maximum atomic E-state index is 5.96. The summed E-state index contributed by atoms with van der Waals surface area (Å²) in [5.41, 5.74) is 4.29. The van der Waals surface area contributed by atoms with E-state index < -0.39 is 0 Å². The normalized spacial score (nSPS) is 12.1. The molecule has 0 fully saturated rings. The van der Waals surface area contributed by atoms with Crippen molar-refractivity contribution in [3.8, 4) is 11.5 Å². The Labute approximate surface area is 274 Å². The fourth-order valence-electron chi connectivity index (χ4n) is 5.49. The van der Waals surface area contributed by atoms with E-state index in [0.717, 1.165) is 71.6 Å². The van der Waals surface area contributed by atoms with Crippen LogP contribution in [-0.2, 0) is 23.3 Å². The van der Waals surface area contributed by atoms with Gasteiger partial charge in [-0.3, -0.25) is 0 Å². The molecule has 232 valence electrons. The molecule has 0 aromatic heterocycles. The Morgan fingerprint density at radius 3 is 1.83 bits per heavy atom. The molecular weight excluding hydrogens is 654 g/mol. The average molecular weight is 706 g/mol. The molecule has 0 aliphatic carbocycles. The minimum absolute atomic E-state index is 0. The van der Waals surface area contributed by atoms with Gasteiger partial charge in [-0.05, 0) is 76.9 Å². The van der Waals surface area contributed by atoms with E-state index in [9.17, 15) is 0 Å². The van der Waals surface area contributed by atoms with Crippen molar-refractivity contribution < 1.29 is 35.7 Å². The van der Waals surface area contributed by atoms with E-state index in [1.165, 1.54) is 11.1 Å². The van der Waals surface area contributed by atoms with Gasteiger partial charge in [0.25, 0.3) is 0 Å². The molecule has 0 saturated heterocycles. The fourth-order valence-corrected chi connectivity index (χ4v) is 5.75. The summed E-state index contributed by atoms with van der Waals surface area (Å²) in [6, 6.07) is 25.3. The molecule has 42 heavy (non-hydrogen) atoms. The van der Waals surface area contributed by atoms with E-state index in [0.29, 0.717) is 18.6 Å². The van der Waals surface area contributed by atoms with Crippen LogP contribution in [0.4, 0.5) is 0 Å². The second-order valence-electron chi connectivity index (χ2n) is 13.7. The van der Waals surface area contributed by atoms with Gasteiger partial charge in [-0.1, -0.05) is 74.8 Å². The first-order valence-corrected chi connectivity index (χ1v) is 15.7. The summed E-state index contributed by atoms with van der Waals surface area (Å²) in [6.45, 7) is 16.4. The van der Waals surface area contributed by atoms with Crippen LogP contribution in [0.5, 0.6) is 11.5 Å². The Balaban J connectivity index is 0.00000616. The van der Waals surface area contributed by atoms with Crippen LogP contribution in [0.1, 0.15) is 70.6 Å². The first kappa shape index (κ1) is 36.3. The molecule has 0 atom stereocenters. The molecule has 0 saturated carbocycles. The highest BCUT2D eigenvalue weighted by molar-refractivity contribution is 9.10. The van der Waals surface area contributed by atoms with Crippen molar-refractivity contribution in [1.29, 1.82) is 0 Å². The first-order chi connectivity index (χ1) is 19.3. The molecule has 3 aromatic rings. The topological polar surface area (TPSA) is 27.7 Å². The number of benzene rings is 3. The number of quaternary nitrogens is 1. The zero-order chi connectivity index (χ0) is 29.9. The number of hydrogen-bond donors (Lipinski definition) is 0. The largest absolute Gasteiger partial charge is 1.00 e. The number of nitrogens with zero attached hydrogens (tertiary/aromatic N) is 1. The van der Waals surface area contributed by atoms with E-state index in [-0.39, 0.29) is 22.4 Å². The van der Waals surface area contributed by atoms with Gasteiger partial charge in [0.05, 0.1) is 33.9 Å². The highest BCUT2D eigenvalue weighted by atomic mass is 79.9. The standard InChI is InChI=1S/C36H51BrNO3.BrH/c1-35(2,3)28-36(4,5)31-14-20-33(21-15-31)40-25-9-24-39-23-8-22-38(6,7)26-29-12-18-34(19-13-29)41-27-30-10-16-32(37)17-11-30;/h10-21H,8-9,22-28H2,1-7H3;1H/q+1;/p-1. The molecule has 0 radical (unpaired) electrons.